The lowest BCUT2D eigenvalue weighted by molar-refractivity contribution is 0.219. The molecule has 2 aliphatic rings. The fraction of sp³-hybridized carbons (Fsp3) is 0.579. The van der Waals surface area contributed by atoms with Crippen molar-refractivity contribution in [3.05, 3.63) is 34.7 Å². The van der Waals surface area contributed by atoms with Crippen LogP contribution in [0.5, 0.6) is 0 Å². The van der Waals surface area contributed by atoms with Crippen molar-refractivity contribution in [1.82, 2.24) is 4.90 Å². The summed E-state index contributed by atoms with van der Waals surface area (Å²) in [5.41, 5.74) is 3.06. The molecule has 0 unspecified atom stereocenters. The molecule has 2 fully saturated rings. The summed E-state index contributed by atoms with van der Waals surface area (Å²) in [6.07, 6.45) is 4.41. The Kier molecular flexibility index (Phi) is 3.35. The average Bonchev–Trinajstić information content (AvgIpc) is 3.13. The molecule has 0 spiro atoms. The fourth-order valence-corrected chi connectivity index (χ4v) is 5.92. The van der Waals surface area contributed by atoms with Gasteiger partial charge in [-0.15, -0.1) is 11.3 Å². The van der Waals surface area contributed by atoms with E-state index in [2.05, 4.69) is 49.5 Å². The smallest absolute Gasteiger partial charge is 0.0345 e. The van der Waals surface area contributed by atoms with Gasteiger partial charge < -0.3 is 4.90 Å². The molecule has 2 aromatic rings. The van der Waals surface area contributed by atoms with Gasteiger partial charge in [-0.1, -0.05) is 6.07 Å². The number of nitrogens with zero attached hydrogens (tertiary/aromatic N) is 1. The normalized spacial score (nSPS) is 31.6. The topological polar surface area (TPSA) is 3.24 Å². The third kappa shape index (κ3) is 2.24. The first-order chi connectivity index (χ1) is 10.1. The van der Waals surface area contributed by atoms with E-state index < -0.39 is 0 Å². The van der Waals surface area contributed by atoms with Crippen molar-refractivity contribution >= 4 is 21.4 Å². The van der Waals surface area contributed by atoms with Gasteiger partial charge in [-0.3, -0.25) is 0 Å². The quantitative estimate of drug-likeness (QED) is 0.779. The molecule has 0 N–H and O–H groups in total. The van der Waals surface area contributed by atoms with Gasteiger partial charge >= 0.3 is 0 Å². The van der Waals surface area contributed by atoms with E-state index >= 15 is 0 Å². The Morgan fingerprint density at radius 2 is 2.00 bits per heavy atom. The SMILES string of the molecule is Cc1csc2ccc([C@@H]3[C@H]4CC[C@H](C4)[C@H]3CN(C)C)cc12. The number of hydrogen-bond acceptors (Lipinski definition) is 2. The maximum atomic E-state index is 2.51. The van der Waals surface area contributed by atoms with Gasteiger partial charge in [0.2, 0.25) is 0 Å². The minimum absolute atomic E-state index is 0.801. The van der Waals surface area contributed by atoms with Gasteiger partial charge in [0.15, 0.2) is 0 Å². The van der Waals surface area contributed by atoms with E-state index in [-0.39, 0.29) is 0 Å². The molecular formula is C19H25NS. The molecule has 4 atom stereocenters. The summed E-state index contributed by atoms with van der Waals surface area (Å²) >= 11 is 1.88. The molecule has 1 heterocycles. The molecule has 0 amide bonds. The maximum Gasteiger partial charge on any atom is 0.0345 e. The molecule has 2 heteroatoms. The second-order valence-electron chi connectivity index (χ2n) is 7.46. The highest BCUT2D eigenvalue weighted by Crippen LogP contribution is 2.57. The van der Waals surface area contributed by atoms with Crippen LogP contribution in [0.3, 0.4) is 0 Å². The maximum absolute atomic E-state index is 2.51. The van der Waals surface area contributed by atoms with Gasteiger partial charge in [0, 0.05) is 11.2 Å². The van der Waals surface area contributed by atoms with Gasteiger partial charge in [0.1, 0.15) is 0 Å². The van der Waals surface area contributed by atoms with E-state index in [1.165, 1.54) is 41.5 Å². The number of aryl methyl sites for hydroxylation is 1. The first-order valence-electron chi connectivity index (χ1n) is 8.26. The van der Waals surface area contributed by atoms with E-state index in [0.717, 1.165) is 23.7 Å². The van der Waals surface area contributed by atoms with E-state index in [0.29, 0.717) is 0 Å². The molecule has 4 rings (SSSR count). The van der Waals surface area contributed by atoms with Crippen LogP contribution < -0.4 is 0 Å². The minimum Gasteiger partial charge on any atom is -0.309 e. The van der Waals surface area contributed by atoms with E-state index in [4.69, 9.17) is 0 Å². The van der Waals surface area contributed by atoms with Crippen molar-refractivity contribution in [2.75, 3.05) is 20.6 Å². The zero-order valence-corrected chi connectivity index (χ0v) is 14.1. The van der Waals surface area contributed by atoms with Crippen molar-refractivity contribution < 1.29 is 0 Å². The second kappa shape index (κ2) is 5.10. The summed E-state index contributed by atoms with van der Waals surface area (Å²) in [6, 6.07) is 7.29. The van der Waals surface area contributed by atoms with E-state index in [1.807, 2.05) is 11.3 Å². The van der Waals surface area contributed by atoms with Crippen LogP contribution in [-0.4, -0.2) is 25.5 Å². The lowest BCUT2D eigenvalue weighted by Crippen LogP contribution is -2.30. The van der Waals surface area contributed by atoms with Crippen LogP contribution in [0.2, 0.25) is 0 Å². The molecule has 1 aromatic heterocycles. The zero-order valence-electron chi connectivity index (χ0n) is 13.3. The number of benzene rings is 1. The zero-order chi connectivity index (χ0) is 14.6. The van der Waals surface area contributed by atoms with Crippen molar-refractivity contribution in [3.63, 3.8) is 0 Å². The Morgan fingerprint density at radius 3 is 2.81 bits per heavy atom. The number of rotatable bonds is 3. The molecule has 1 nitrogen and oxygen atoms in total. The Hall–Kier alpha value is -0.860. The molecule has 112 valence electrons. The molecule has 2 bridgehead atoms. The van der Waals surface area contributed by atoms with Crippen LogP contribution in [0.25, 0.3) is 10.1 Å². The van der Waals surface area contributed by atoms with Crippen molar-refractivity contribution in [2.24, 2.45) is 17.8 Å². The number of thiophene rings is 1. The average molecular weight is 299 g/mol. The number of hydrogen-bond donors (Lipinski definition) is 0. The summed E-state index contributed by atoms with van der Waals surface area (Å²) < 4.78 is 1.45. The van der Waals surface area contributed by atoms with Gasteiger partial charge in [0.25, 0.3) is 0 Å². The van der Waals surface area contributed by atoms with Crippen LogP contribution in [0.1, 0.15) is 36.3 Å². The van der Waals surface area contributed by atoms with Crippen LogP contribution in [-0.2, 0) is 0 Å². The minimum atomic E-state index is 0.801. The summed E-state index contributed by atoms with van der Waals surface area (Å²) in [4.78, 5) is 2.40. The van der Waals surface area contributed by atoms with Gasteiger partial charge in [-0.25, -0.2) is 0 Å². The number of fused-ring (bicyclic) bond motifs is 3. The molecule has 21 heavy (non-hydrogen) atoms. The highest BCUT2D eigenvalue weighted by Gasteiger charge is 2.47. The van der Waals surface area contributed by atoms with Gasteiger partial charge in [-0.2, -0.15) is 0 Å². The summed E-state index contributed by atoms with van der Waals surface area (Å²) in [5, 5.41) is 3.79. The van der Waals surface area contributed by atoms with Gasteiger partial charge in [-0.05, 0) is 98.0 Å². The van der Waals surface area contributed by atoms with Crippen molar-refractivity contribution in [3.8, 4) is 0 Å². The lowest BCUT2D eigenvalue weighted by atomic mass is 9.75. The third-order valence-corrected chi connectivity index (χ3v) is 6.92. The van der Waals surface area contributed by atoms with Crippen LogP contribution in [0, 0.1) is 24.7 Å². The van der Waals surface area contributed by atoms with E-state index in [1.54, 1.807) is 5.56 Å². The summed E-state index contributed by atoms with van der Waals surface area (Å²) in [6.45, 7) is 3.51. The second-order valence-corrected chi connectivity index (χ2v) is 8.37. The lowest BCUT2D eigenvalue weighted by Gasteiger charge is -2.33. The first kappa shape index (κ1) is 13.8. The Morgan fingerprint density at radius 1 is 1.19 bits per heavy atom. The fourth-order valence-electron chi connectivity index (χ4n) is 5.00. The largest absolute Gasteiger partial charge is 0.309 e. The standard InChI is InChI=1S/C19H25NS/c1-12-11-21-18-7-6-15(9-16(12)18)19-14-5-4-13(8-14)17(19)10-20(2)3/h6-7,9,11,13-14,17,19H,4-5,8,10H2,1-3H3/t13-,14+,17-,19+/m1/s1. The molecule has 2 aliphatic carbocycles. The molecule has 0 saturated heterocycles. The molecule has 2 saturated carbocycles. The highest BCUT2D eigenvalue weighted by atomic mass is 32.1. The van der Waals surface area contributed by atoms with Gasteiger partial charge in [0.05, 0.1) is 0 Å². The van der Waals surface area contributed by atoms with Crippen LogP contribution in [0.15, 0.2) is 23.6 Å². The summed E-state index contributed by atoms with van der Waals surface area (Å²) in [5.74, 6) is 3.59. The predicted molar refractivity (Wildman–Crippen MR) is 92.2 cm³/mol. The molecule has 0 aliphatic heterocycles. The van der Waals surface area contributed by atoms with Crippen molar-refractivity contribution in [1.29, 1.82) is 0 Å². The van der Waals surface area contributed by atoms with E-state index in [9.17, 15) is 0 Å². The predicted octanol–water partition coefficient (Wildman–Crippen LogP) is 4.90. The monoisotopic (exact) mass is 299 g/mol. The molecule has 1 aromatic carbocycles. The Balaban J connectivity index is 1.73. The van der Waals surface area contributed by atoms with Crippen LogP contribution in [0.4, 0.5) is 0 Å². The third-order valence-electron chi connectivity index (χ3n) is 5.84. The first-order valence-corrected chi connectivity index (χ1v) is 9.14. The summed E-state index contributed by atoms with van der Waals surface area (Å²) in [7, 11) is 4.46. The highest BCUT2D eigenvalue weighted by molar-refractivity contribution is 7.17. The Bertz CT molecular complexity index is 657. The van der Waals surface area contributed by atoms with Crippen molar-refractivity contribution in [2.45, 2.75) is 32.1 Å². The van der Waals surface area contributed by atoms with Crippen LogP contribution >= 0.6 is 11.3 Å². The molecule has 0 radical (unpaired) electrons. The Labute approximate surface area is 132 Å². The molecular weight excluding hydrogens is 274 g/mol.